The van der Waals surface area contributed by atoms with Crippen LogP contribution < -0.4 is 20.3 Å². The third-order valence-electron chi connectivity index (χ3n) is 4.49. The highest BCUT2D eigenvalue weighted by Gasteiger charge is 2.14. The fraction of sp³-hybridized carbons (Fsp3) is 0.350. The van der Waals surface area contributed by atoms with Crippen LogP contribution in [0, 0.1) is 6.92 Å². The molecule has 0 aliphatic carbocycles. The lowest BCUT2D eigenvalue weighted by molar-refractivity contribution is 0.234. The summed E-state index contributed by atoms with van der Waals surface area (Å²) in [4.78, 5) is 16.7. The topological polar surface area (TPSA) is 56.8 Å². The summed E-state index contributed by atoms with van der Waals surface area (Å²) in [5.41, 5.74) is 3.12. The molecule has 0 radical (unpaired) electrons. The number of carbonyl (C=O) groups is 1. The molecule has 6 nitrogen and oxygen atoms in total. The second-order valence-corrected chi connectivity index (χ2v) is 6.57. The first-order chi connectivity index (χ1) is 12.6. The van der Waals surface area contributed by atoms with Crippen molar-refractivity contribution in [1.82, 2.24) is 10.2 Å². The number of piperazine rings is 1. The summed E-state index contributed by atoms with van der Waals surface area (Å²) in [6.07, 6.45) is 0. The summed E-state index contributed by atoms with van der Waals surface area (Å²) in [5.74, 6) is 0.729. The average Bonchev–Trinajstić information content (AvgIpc) is 2.65. The van der Waals surface area contributed by atoms with Crippen molar-refractivity contribution in [3.63, 3.8) is 0 Å². The highest BCUT2D eigenvalue weighted by atomic mass is 16.5. The molecule has 1 aliphatic rings. The molecule has 0 aromatic heterocycles. The van der Waals surface area contributed by atoms with E-state index in [9.17, 15) is 4.79 Å². The lowest BCUT2D eigenvalue weighted by Crippen LogP contribution is -2.44. The number of aryl methyl sites for hydroxylation is 1. The van der Waals surface area contributed by atoms with Gasteiger partial charge in [-0.05, 0) is 50.4 Å². The van der Waals surface area contributed by atoms with E-state index in [1.165, 1.54) is 11.3 Å². The maximum Gasteiger partial charge on any atom is 0.321 e. The fourth-order valence-electron chi connectivity index (χ4n) is 2.81. The van der Waals surface area contributed by atoms with Crippen molar-refractivity contribution in [1.29, 1.82) is 0 Å². The molecule has 2 N–H and O–H groups in total. The molecular weight excluding hydrogens is 328 g/mol. The Kier molecular flexibility index (Phi) is 5.96. The molecule has 0 atom stereocenters. The number of hydrogen-bond acceptors (Lipinski definition) is 4. The Hall–Kier alpha value is -2.73. The van der Waals surface area contributed by atoms with E-state index in [0.717, 1.165) is 37.6 Å². The highest BCUT2D eigenvalue weighted by molar-refractivity contribution is 5.89. The van der Waals surface area contributed by atoms with Gasteiger partial charge >= 0.3 is 6.03 Å². The molecule has 0 spiro atoms. The molecule has 0 unspecified atom stereocenters. The van der Waals surface area contributed by atoms with E-state index in [4.69, 9.17) is 4.74 Å². The summed E-state index contributed by atoms with van der Waals surface area (Å²) in [6.45, 7) is 6.34. The van der Waals surface area contributed by atoms with Crippen LogP contribution in [-0.2, 0) is 0 Å². The van der Waals surface area contributed by atoms with Gasteiger partial charge in [-0.2, -0.15) is 0 Å². The molecule has 1 fully saturated rings. The lowest BCUT2D eigenvalue weighted by Gasteiger charge is -2.34. The summed E-state index contributed by atoms with van der Waals surface area (Å²) >= 11 is 0. The quantitative estimate of drug-likeness (QED) is 0.811. The zero-order valence-corrected chi connectivity index (χ0v) is 15.4. The molecule has 1 saturated heterocycles. The number of benzene rings is 2. The first kappa shape index (κ1) is 18.1. The van der Waals surface area contributed by atoms with Gasteiger partial charge in [-0.3, -0.25) is 0 Å². The molecule has 3 rings (SSSR count). The highest BCUT2D eigenvalue weighted by Crippen LogP contribution is 2.19. The van der Waals surface area contributed by atoms with Crippen LogP contribution in [-0.4, -0.2) is 50.9 Å². The maximum absolute atomic E-state index is 12.0. The zero-order chi connectivity index (χ0) is 18.4. The Labute approximate surface area is 154 Å². The van der Waals surface area contributed by atoms with E-state index in [1.54, 1.807) is 0 Å². The molecule has 1 aliphatic heterocycles. The monoisotopic (exact) mass is 354 g/mol. The van der Waals surface area contributed by atoms with Gasteiger partial charge in [-0.25, -0.2) is 4.79 Å². The Morgan fingerprint density at radius 2 is 1.65 bits per heavy atom. The normalized spacial score (nSPS) is 14.8. The largest absolute Gasteiger partial charge is 0.473 e. The van der Waals surface area contributed by atoms with Crippen LogP contribution in [0.5, 0.6) is 5.75 Å². The van der Waals surface area contributed by atoms with E-state index in [0.29, 0.717) is 0 Å². The maximum atomic E-state index is 12.0. The first-order valence-corrected chi connectivity index (χ1v) is 8.88. The smallest absolute Gasteiger partial charge is 0.321 e. The number of anilines is 2. The molecule has 0 bridgehead atoms. The minimum atomic E-state index is -0.288. The SMILES string of the molecule is Cc1ccc(OCNC(=O)Nc2ccc(N3CCN(C)CC3)cc2)cc1. The Morgan fingerprint density at radius 3 is 2.31 bits per heavy atom. The second-order valence-electron chi connectivity index (χ2n) is 6.57. The van der Waals surface area contributed by atoms with E-state index < -0.39 is 0 Å². The van der Waals surface area contributed by atoms with Crippen LogP contribution in [0.3, 0.4) is 0 Å². The molecule has 138 valence electrons. The standard InChI is InChI=1S/C20H26N4O2/c1-16-3-9-19(10-4-16)26-15-21-20(25)22-17-5-7-18(8-6-17)24-13-11-23(2)12-14-24/h3-10H,11-15H2,1-2H3,(H2,21,22,25). The van der Waals surface area contributed by atoms with Crippen molar-refractivity contribution in [2.45, 2.75) is 6.92 Å². The Bertz CT molecular complexity index is 708. The summed E-state index contributed by atoms with van der Waals surface area (Å²) < 4.78 is 5.49. The molecule has 2 amide bonds. The van der Waals surface area contributed by atoms with Gasteiger partial charge in [-0.1, -0.05) is 17.7 Å². The van der Waals surface area contributed by atoms with Crippen LogP contribution in [0.1, 0.15) is 5.56 Å². The zero-order valence-electron chi connectivity index (χ0n) is 15.4. The minimum Gasteiger partial charge on any atom is -0.473 e. The number of nitrogens with zero attached hydrogens (tertiary/aromatic N) is 2. The van der Waals surface area contributed by atoms with Crippen LogP contribution in [0.25, 0.3) is 0 Å². The van der Waals surface area contributed by atoms with E-state index >= 15 is 0 Å². The number of carbonyl (C=O) groups excluding carboxylic acids is 1. The number of hydrogen-bond donors (Lipinski definition) is 2. The number of nitrogens with one attached hydrogen (secondary N) is 2. The van der Waals surface area contributed by atoms with Gasteiger partial charge in [0.25, 0.3) is 0 Å². The van der Waals surface area contributed by atoms with Gasteiger partial charge in [0, 0.05) is 37.6 Å². The van der Waals surface area contributed by atoms with Crippen LogP contribution in [0.4, 0.5) is 16.2 Å². The molecule has 0 saturated carbocycles. The molecule has 2 aromatic rings. The molecular formula is C20H26N4O2. The van der Waals surface area contributed by atoms with Crippen molar-refractivity contribution in [2.75, 3.05) is 50.2 Å². The number of urea groups is 1. The van der Waals surface area contributed by atoms with Crippen molar-refractivity contribution in [3.05, 3.63) is 54.1 Å². The molecule has 26 heavy (non-hydrogen) atoms. The summed E-state index contributed by atoms with van der Waals surface area (Å²) in [6, 6.07) is 15.4. The van der Waals surface area contributed by atoms with Crippen LogP contribution in [0.2, 0.25) is 0 Å². The second kappa shape index (κ2) is 8.58. The van der Waals surface area contributed by atoms with Crippen molar-refractivity contribution >= 4 is 17.4 Å². The number of rotatable bonds is 5. The van der Waals surface area contributed by atoms with E-state index in [1.807, 2.05) is 55.5 Å². The van der Waals surface area contributed by atoms with Crippen LogP contribution >= 0.6 is 0 Å². The third kappa shape index (κ3) is 5.13. The van der Waals surface area contributed by atoms with Gasteiger partial charge in [0.05, 0.1) is 0 Å². The predicted molar refractivity (Wildman–Crippen MR) is 105 cm³/mol. The number of ether oxygens (including phenoxy) is 1. The molecule has 6 heteroatoms. The van der Waals surface area contributed by atoms with Crippen LogP contribution in [0.15, 0.2) is 48.5 Å². The first-order valence-electron chi connectivity index (χ1n) is 8.88. The van der Waals surface area contributed by atoms with Crippen molar-refractivity contribution in [3.8, 4) is 5.75 Å². The lowest BCUT2D eigenvalue weighted by atomic mass is 10.2. The predicted octanol–water partition coefficient (Wildman–Crippen LogP) is 2.90. The van der Waals surface area contributed by atoms with Gasteiger partial charge in [-0.15, -0.1) is 0 Å². The van der Waals surface area contributed by atoms with Crippen molar-refractivity contribution < 1.29 is 9.53 Å². The van der Waals surface area contributed by atoms with Gasteiger partial charge in [0.15, 0.2) is 6.73 Å². The third-order valence-corrected chi connectivity index (χ3v) is 4.49. The molecule has 1 heterocycles. The van der Waals surface area contributed by atoms with E-state index in [2.05, 4.69) is 27.5 Å². The summed E-state index contributed by atoms with van der Waals surface area (Å²) in [7, 11) is 2.14. The van der Waals surface area contributed by atoms with Gasteiger partial charge in [0.2, 0.25) is 0 Å². The Morgan fingerprint density at radius 1 is 1.00 bits per heavy atom. The minimum absolute atomic E-state index is 0.119. The number of amides is 2. The van der Waals surface area contributed by atoms with E-state index in [-0.39, 0.29) is 12.8 Å². The summed E-state index contributed by atoms with van der Waals surface area (Å²) in [5, 5.41) is 5.51. The van der Waals surface area contributed by atoms with Gasteiger partial charge < -0.3 is 25.2 Å². The average molecular weight is 354 g/mol. The van der Waals surface area contributed by atoms with Crippen molar-refractivity contribution in [2.24, 2.45) is 0 Å². The fourth-order valence-corrected chi connectivity index (χ4v) is 2.81. The van der Waals surface area contributed by atoms with Gasteiger partial charge in [0.1, 0.15) is 5.75 Å². The number of likely N-dealkylation sites (N-methyl/N-ethyl adjacent to an activating group) is 1. The molecule has 2 aromatic carbocycles. The Balaban J connectivity index is 1.43.